The molecule has 7 heteroatoms. The summed E-state index contributed by atoms with van der Waals surface area (Å²) in [4.78, 5) is 0. The minimum Gasteiger partial charge on any atom is -0.504 e. The Hall–Kier alpha value is -0.860. The summed E-state index contributed by atoms with van der Waals surface area (Å²) in [6.07, 6.45) is 4.49. The molecule has 0 saturated carbocycles. The van der Waals surface area contributed by atoms with E-state index in [-0.39, 0.29) is 5.75 Å². The minimum atomic E-state index is 0.205. The zero-order valence-corrected chi connectivity index (χ0v) is 16.8. The van der Waals surface area contributed by atoms with Crippen LogP contribution >= 0.6 is 15.9 Å². The molecule has 0 bridgehead atoms. The Morgan fingerprint density at radius 1 is 0.960 bits per heavy atom. The number of phenols is 1. The normalized spacial score (nSPS) is 11.0. The number of rotatable bonds is 15. The maximum atomic E-state index is 10.1. The SMILES string of the molecule is COc1cc(Br)cc(CNCCCNCCCCNCCCN)c1O. The van der Waals surface area contributed by atoms with Gasteiger partial charge in [0.1, 0.15) is 0 Å². The summed E-state index contributed by atoms with van der Waals surface area (Å²) in [5.41, 5.74) is 6.28. The van der Waals surface area contributed by atoms with Gasteiger partial charge < -0.3 is 31.5 Å². The van der Waals surface area contributed by atoms with Crippen LogP contribution in [0.2, 0.25) is 0 Å². The molecule has 1 rings (SSSR count). The topological polar surface area (TPSA) is 91.6 Å². The summed E-state index contributed by atoms with van der Waals surface area (Å²) in [5, 5.41) is 20.3. The van der Waals surface area contributed by atoms with E-state index < -0.39 is 0 Å². The second-order valence-electron chi connectivity index (χ2n) is 6.00. The fourth-order valence-electron chi connectivity index (χ4n) is 2.46. The molecule has 1 aromatic rings. The van der Waals surface area contributed by atoms with Crippen molar-refractivity contribution in [3.8, 4) is 11.5 Å². The first-order valence-corrected chi connectivity index (χ1v) is 9.86. The smallest absolute Gasteiger partial charge is 0.162 e. The van der Waals surface area contributed by atoms with Crippen LogP contribution in [0, 0.1) is 0 Å². The number of hydrogen-bond acceptors (Lipinski definition) is 6. The molecule has 144 valence electrons. The summed E-state index contributed by atoms with van der Waals surface area (Å²) < 4.78 is 6.06. The number of unbranched alkanes of at least 4 members (excludes halogenated alkanes) is 1. The highest BCUT2D eigenvalue weighted by atomic mass is 79.9. The van der Waals surface area contributed by atoms with Crippen LogP contribution in [0.4, 0.5) is 0 Å². The lowest BCUT2D eigenvalue weighted by Gasteiger charge is -2.11. The number of aromatic hydroxyl groups is 1. The van der Waals surface area contributed by atoms with E-state index in [1.165, 1.54) is 12.8 Å². The van der Waals surface area contributed by atoms with E-state index >= 15 is 0 Å². The largest absolute Gasteiger partial charge is 0.504 e. The molecule has 0 aliphatic heterocycles. The van der Waals surface area contributed by atoms with Crippen molar-refractivity contribution in [2.75, 3.05) is 46.4 Å². The molecular weight excluding hydrogens is 384 g/mol. The van der Waals surface area contributed by atoms with E-state index in [9.17, 15) is 5.11 Å². The number of ether oxygens (including phenoxy) is 1. The molecule has 0 fully saturated rings. The summed E-state index contributed by atoms with van der Waals surface area (Å²) in [6.45, 7) is 6.44. The first kappa shape index (κ1) is 22.2. The van der Waals surface area contributed by atoms with E-state index in [0.717, 1.165) is 62.1 Å². The number of phenolic OH excluding ortho intramolecular Hbond substituents is 1. The third-order valence-corrected chi connectivity index (χ3v) is 4.33. The molecule has 6 nitrogen and oxygen atoms in total. The Bertz CT molecular complexity index is 475. The molecule has 0 aliphatic carbocycles. The van der Waals surface area contributed by atoms with Crippen molar-refractivity contribution >= 4 is 15.9 Å². The van der Waals surface area contributed by atoms with Gasteiger partial charge in [-0.2, -0.15) is 0 Å². The molecule has 0 atom stereocenters. The van der Waals surface area contributed by atoms with Gasteiger partial charge in [0.15, 0.2) is 11.5 Å². The Morgan fingerprint density at radius 3 is 2.20 bits per heavy atom. The summed E-state index contributed by atoms with van der Waals surface area (Å²) in [5.74, 6) is 0.696. The Kier molecular flexibility index (Phi) is 12.7. The molecule has 0 saturated heterocycles. The van der Waals surface area contributed by atoms with Crippen molar-refractivity contribution in [3.63, 3.8) is 0 Å². The number of methoxy groups -OCH3 is 1. The molecule has 0 spiro atoms. The van der Waals surface area contributed by atoms with Crippen molar-refractivity contribution in [3.05, 3.63) is 22.2 Å². The molecule has 0 amide bonds. The Labute approximate surface area is 160 Å². The van der Waals surface area contributed by atoms with E-state index in [4.69, 9.17) is 10.5 Å². The van der Waals surface area contributed by atoms with Crippen LogP contribution in [0.5, 0.6) is 11.5 Å². The first-order valence-electron chi connectivity index (χ1n) is 9.06. The lowest BCUT2D eigenvalue weighted by Crippen LogP contribution is -2.24. The zero-order chi connectivity index (χ0) is 18.3. The lowest BCUT2D eigenvalue weighted by molar-refractivity contribution is 0.369. The van der Waals surface area contributed by atoms with E-state index in [1.54, 1.807) is 13.2 Å². The fraction of sp³-hybridized carbons (Fsp3) is 0.667. The van der Waals surface area contributed by atoms with Gasteiger partial charge in [0.05, 0.1) is 7.11 Å². The van der Waals surface area contributed by atoms with Crippen LogP contribution in [0.1, 0.15) is 31.2 Å². The molecule has 0 radical (unpaired) electrons. The molecule has 6 N–H and O–H groups in total. The number of benzene rings is 1. The van der Waals surface area contributed by atoms with E-state index in [1.807, 2.05) is 6.07 Å². The quantitative estimate of drug-likeness (QED) is 0.280. The molecule has 0 unspecified atom stereocenters. The van der Waals surface area contributed by atoms with E-state index in [0.29, 0.717) is 12.3 Å². The summed E-state index contributed by atoms with van der Waals surface area (Å²) in [6, 6.07) is 3.67. The van der Waals surface area contributed by atoms with Gasteiger partial charge in [-0.05, 0) is 77.1 Å². The molecule has 25 heavy (non-hydrogen) atoms. The molecule has 0 aliphatic rings. The second kappa shape index (κ2) is 14.3. The van der Waals surface area contributed by atoms with Gasteiger partial charge in [0.25, 0.3) is 0 Å². The van der Waals surface area contributed by atoms with Crippen molar-refractivity contribution in [1.82, 2.24) is 16.0 Å². The summed E-state index contributed by atoms with van der Waals surface area (Å²) in [7, 11) is 1.56. The number of nitrogens with one attached hydrogen (secondary N) is 3. The molecular formula is C18H33BrN4O2. The maximum Gasteiger partial charge on any atom is 0.162 e. The van der Waals surface area contributed by atoms with Crippen LogP contribution in [0.15, 0.2) is 16.6 Å². The van der Waals surface area contributed by atoms with Gasteiger partial charge in [0, 0.05) is 16.6 Å². The highest BCUT2D eigenvalue weighted by Crippen LogP contribution is 2.33. The van der Waals surface area contributed by atoms with Crippen LogP contribution in [0.25, 0.3) is 0 Å². The van der Waals surface area contributed by atoms with Crippen LogP contribution in [-0.2, 0) is 6.54 Å². The summed E-state index contributed by atoms with van der Waals surface area (Å²) >= 11 is 3.43. The van der Waals surface area contributed by atoms with Crippen molar-refractivity contribution < 1.29 is 9.84 Å². The van der Waals surface area contributed by atoms with Gasteiger partial charge in [-0.1, -0.05) is 15.9 Å². The third-order valence-electron chi connectivity index (χ3n) is 3.88. The predicted molar refractivity (Wildman–Crippen MR) is 107 cm³/mol. The van der Waals surface area contributed by atoms with Gasteiger partial charge in [0.2, 0.25) is 0 Å². The second-order valence-corrected chi connectivity index (χ2v) is 6.91. The van der Waals surface area contributed by atoms with Crippen LogP contribution < -0.4 is 26.4 Å². The standard InChI is InChI=1S/C18H33BrN4O2/c1-25-17-13-16(19)12-15(18(17)24)14-23-11-5-10-22-8-3-2-7-21-9-4-6-20/h12-13,21-24H,2-11,14,20H2,1H3. The van der Waals surface area contributed by atoms with Gasteiger partial charge in [-0.15, -0.1) is 0 Å². The molecule has 0 heterocycles. The van der Waals surface area contributed by atoms with Crippen molar-refractivity contribution in [2.45, 2.75) is 32.2 Å². The molecule has 0 aromatic heterocycles. The highest BCUT2D eigenvalue weighted by molar-refractivity contribution is 9.10. The van der Waals surface area contributed by atoms with Crippen molar-refractivity contribution in [2.24, 2.45) is 5.73 Å². The Morgan fingerprint density at radius 2 is 1.56 bits per heavy atom. The number of nitrogens with two attached hydrogens (primary N) is 1. The third kappa shape index (κ3) is 10.0. The first-order chi connectivity index (χ1) is 12.2. The number of hydrogen-bond donors (Lipinski definition) is 5. The fourth-order valence-corrected chi connectivity index (χ4v) is 2.94. The monoisotopic (exact) mass is 416 g/mol. The average Bonchev–Trinajstić information content (AvgIpc) is 2.61. The minimum absolute atomic E-state index is 0.205. The lowest BCUT2D eigenvalue weighted by atomic mass is 10.2. The molecule has 1 aromatic carbocycles. The Balaban J connectivity index is 2.00. The van der Waals surface area contributed by atoms with Gasteiger partial charge >= 0.3 is 0 Å². The van der Waals surface area contributed by atoms with Crippen LogP contribution in [-0.4, -0.2) is 51.5 Å². The van der Waals surface area contributed by atoms with Gasteiger partial charge in [-0.3, -0.25) is 0 Å². The predicted octanol–water partition coefficient (Wildman–Crippen LogP) is 1.95. The highest BCUT2D eigenvalue weighted by Gasteiger charge is 2.09. The van der Waals surface area contributed by atoms with Crippen molar-refractivity contribution in [1.29, 1.82) is 0 Å². The number of halogens is 1. The zero-order valence-electron chi connectivity index (χ0n) is 15.2. The van der Waals surface area contributed by atoms with Gasteiger partial charge in [-0.25, -0.2) is 0 Å². The van der Waals surface area contributed by atoms with Crippen LogP contribution in [0.3, 0.4) is 0 Å². The average molecular weight is 417 g/mol. The van der Waals surface area contributed by atoms with E-state index in [2.05, 4.69) is 31.9 Å². The maximum absolute atomic E-state index is 10.1.